The van der Waals surface area contributed by atoms with Crippen LogP contribution >= 0.6 is 0 Å². The number of nitrogens with one attached hydrogen (secondary N) is 1. The number of rotatable bonds is 6. The molecule has 1 aromatic carbocycles. The predicted molar refractivity (Wildman–Crippen MR) is 125 cm³/mol. The zero-order chi connectivity index (χ0) is 27.3. The summed E-state index contributed by atoms with van der Waals surface area (Å²) >= 11 is 0. The van der Waals surface area contributed by atoms with Gasteiger partial charge in [0.15, 0.2) is 0 Å². The molecule has 0 saturated heterocycles. The number of sulfonamides is 1. The monoisotopic (exact) mass is 527 g/mol. The summed E-state index contributed by atoms with van der Waals surface area (Å²) in [5.74, 6) is -2.48. The lowest BCUT2D eigenvalue weighted by Crippen LogP contribution is -2.30. The lowest BCUT2D eigenvalue weighted by molar-refractivity contribution is -0.192. The van der Waals surface area contributed by atoms with Crippen LogP contribution in [0.3, 0.4) is 0 Å². The lowest BCUT2D eigenvalue weighted by atomic mass is 10.1. The van der Waals surface area contributed by atoms with E-state index in [1.54, 1.807) is 24.4 Å². The zero-order valence-electron chi connectivity index (χ0n) is 19.4. The first-order chi connectivity index (χ1) is 16.6. The van der Waals surface area contributed by atoms with Crippen LogP contribution in [0, 0.1) is 13.8 Å². The highest BCUT2D eigenvalue weighted by Crippen LogP contribution is 2.29. The number of aromatic nitrogens is 3. The summed E-state index contributed by atoms with van der Waals surface area (Å²) in [6, 6.07) is 8.42. The molecule has 0 amide bonds. The minimum Gasteiger partial charge on any atom is -0.475 e. The molecule has 0 radical (unpaired) electrons. The van der Waals surface area contributed by atoms with Crippen molar-refractivity contribution < 1.29 is 36.6 Å². The van der Waals surface area contributed by atoms with Crippen LogP contribution in [0.4, 0.5) is 19.0 Å². The third-order valence-corrected chi connectivity index (χ3v) is 6.00. The fourth-order valence-electron chi connectivity index (χ4n) is 2.79. The van der Waals surface area contributed by atoms with Crippen molar-refractivity contribution in [2.45, 2.75) is 37.9 Å². The van der Waals surface area contributed by atoms with Crippen LogP contribution in [0.5, 0.6) is 0 Å². The van der Waals surface area contributed by atoms with Crippen LogP contribution in [0.2, 0.25) is 0 Å². The lowest BCUT2D eigenvalue weighted by Gasteiger charge is -2.13. The number of hydrogen-bond acceptors (Lipinski definition) is 8. The van der Waals surface area contributed by atoms with Crippen molar-refractivity contribution in [3.63, 3.8) is 0 Å². The molecule has 3 aromatic rings. The number of hydrogen-bond donors (Lipinski definition) is 4. The van der Waals surface area contributed by atoms with E-state index < -0.39 is 28.3 Å². The fraction of sp³-hybridized carbons (Fsp3) is 0.273. The van der Waals surface area contributed by atoms with Gasteiger partial charge in [-0.25, -0.2) is 27.9 Å². The summed E-state index contributed by atoms with van der Waals surface area (Å²) < 4.78 is 59.2. The van der Waals surface area contributed by atoms with E-state index in [0.29, 0.717) is 17.0 Å². The van der Waals surface area contributed by atoms with Crippen LogP contribution in [-0.2, 0) is 14.8 Å². The van der Waals surface area contributed by atoms with Gasteiger partial charge < -0.3 is 15.9 Å². The largest absolute Gasteiger partial charge is 0.490 e. The molecule has 0 bridgehead atoms. The molecule has 36 heavy (non-hydrogen) atoms. The van der Waals surface area contributed by atoms with Gasteiger partial charge in [0.25, 0.3) is 0 Å². The molecule has 14 heteroatoms. The van der Waals surface area contributed by atoms with Crippen LogP contribution in [0.25, 0.3) is 22.5 Å². The Morgan fingerprint density at radius 2 is 1.81 bits per heavy atom. The number of aliphatic hydroxyl groups excluding tert-OH is 1. The second-order valence-electron chi connectivity index (χ2n) is 7.66. The van der Waals surface area contributed by atoms with Crippen LogP contribution < -0.4 is 10.5 Å². The Morgan fingerprint density at radius 1 is 1.17 bits per heavy atom. The third-order valence-electron chi connectivity index (χ3n) is 4.58. The summed E-state index contributed by atoms with van der Waals surface area (Å²) in [7, 11) is -3.77. The average molecular weight is 528 g/mol. The van der Waals surface area contributed by atoms with Gasteiger partial charge in [-0.3, -0.25) is 4.98 Å². The number of nitrogens with two attached hydrogens (primary N) is 1. The summed E-state index contributed by atoms with van der Waals surface area (Å²) in [6.45, 7) is 5.17. The van der Waals surface area contributed by atoms with E-state index in [2.05, 4.69) is 19.7 Å². The molecule has 0 aliphatic rings. The van der Waals surface area contributed by atoms with E-state index in [9.17, 15) is 26.7 Å². The standard InChI is InChI=1S/C20H23N5O3S.C2HF3O2/c1-12-4-5-16(29(27,28)24-10-14(3)26)9-17(12)18-11-23-20(21)19(25-18)15-6-7-22-13(2)8-15;3-2(4,5)1(6)7/h4-9,11,14,24,26H,10H2,1-3H3,(H2,21,23);(H,6,7). The highest BCUT2D eigenvalue weighted by atomic mass is 32.2. The van der Waals surface area contributed by atoms with Gasteiger partial charge in [0.1, 0.15) is 11.5 Å². The van der Waals surface area contributed by atoms with E-state index in [4.69, 9.17) is 15.6 Å². The normalized spacial score (nSPS) is 12.4. The van der Waals surface area contributed by atoms with E-state index in [1.165, 1.54) is 19.2 Å². The number of halogens is 3. The molecule has 0 aliphatic heterocycles. The first-order valence-corrected chi connectivity index (χ1v) is 11.7. The minimum absolute atomic E-state index is 0.0707. The fourth-order valence-corrected chi connectivity index (χ4v) is 3.94. The quantitative estimate of drug-likeness (QED) is 0.377. The molecule has 0 saturated carbocycles. The molecule has 2 aromatic heterocycles. The second-order valence-corrected chi connectivity index (χ2v) is 9.42. The number of aryl methyl sites for hydroxylation is 2. The molecular formula is C22H24F3N5O5S. The Morgan fingerprint density at radius 3 is 2.36 bits per heavy atom. The molecule has 5 N–H and O–H groups in total. The molecule has 0 fully saturated rings. The minimum atomic E-state index is -5.08. The van der Waals surface area contributed by atoms with Crippen LogP contribution in [0.15, 0.2) is 47.6 Å². The molecule has 3 rings (SSSR count). The topological polar surface area (TPSA) is 168 Å². The van der Waals surface area contributed by atoms with Crippen molar-refractivity contribution in [3.8, 4) is 22.5 Å². The first kappa shape index (κ1) is 28.6. The van der Waals surface area contributed by atoms with Crippen molar-refractivity contribution in [2.24, 2.45) is 0 Å². The van der Waals surface area contributed by atoms with E-state index in [1.807, 2.05) is 19.9 Å². The Balaban J connectivity index is 0.000000572. The maximum Gasteiger partial charge on any atom is 0.490 e. The van der Waals surface area contributed by atoms with Crippen molar-refractivity contribution >= 4 is 21.8 Å². The van der Waals surface area contributed by atoms with Gasteiger partial charge in [-0.1, -0.05) is 6.07 Å². The number of carbonyl (C=O) groups is 1. The predicted octanol–water partition coefficient (Wildman–Crippen LogP) is 2.70. The average Bonchev–Trinajstić information content (AvgIpc) is 2.78. The van der Waals surface area contributed by atoms with Crippen molar-refractivity contribution in [3.05, 3.63) is 54.0 Å². The summed E-state index contributed by atoms with van der Waals surface area (Å²) in [5.41, 5.74) is 10.1. The van der Waals surface area contributed by atoms with E-state index in [0.717, 1.165) is 16.8 Å². The Kier molecular flexibility index (Phi) is 9.07. The van der Waals surface area contributed by atoms with Gasteiger partial charge in [-0.15, -0.1) is 0 Å². The number of carboxylic acid groups (broad SMARTS) is 1. The van der Waals surface area contributed by atoms with Crippen molar-refractivity contribution in [2.75, 3.05) is 12.3 Å². The number of aliphatic carboxylic acids is 1. The van der Waals surface area contributed by atoms with Gasteiger partial charge in [-0.05, 0) is 50.6 Å². The Hall–Kier alpha value is -3.62. The summed E-state index contributed by atoms with van der Waals surface area (Å²) in [6.07, 6.45) is -2.68. The molecule has 0 spiro atoms. The second kappa shape index (κ2) is 11.4. The maximum atomic E-state index is 12.5. The number of benzene rings is 1. The Bertz CT molecular complexity index is 1350. The molecule has 0 aliphatic carbocycles. The molecule has 1 atom stereocenters. The molecular weight excluding hydrogens is 503 g/mol. The van der Waals surface area contributed by atoms with Gasteiger partial charge >= 0.3 is 12.1 Å². The number of anilines is 1. The molecule has 194 valence electrons. The SMILES string of the molecule is Cc1cc(-c2nc(-c3cc(S(=O)(=O)NCC(C)O)ccc3C)cnc2N)ccn1.O=C(O)C(F)(F)F. The van der Waals surface area contributed by atoms with Crippen molar-refractivity contribution in [1.29, 1.82) is 0 Å². The van der Waals surface area contributed by atoms with Gasteiger partial charge in [0, 0.05) is 29.6 Å². The van der Waals surface area contributed by atoms with E-state index >= 15 is 0 Å². The van der Waals surface area contributed by atoms with Gasteiger partial charge in [-0.2, -0.15) is 13.2 Å². The smallest absolute Gasteiger partial charge is 0.475 e. The van der Waals surface area contributed by atoms with E-state index in [-0.39, 0.29) is 17.3 Å². The van der Waals surface area contributed by atoms with Crippen LogP contribution in [0.1, 0.15) is 18.2 Å². The number of nitrogen functional groups attached to an aromatic ring is 1. The van der Waals surface area contributed by atoms with Gasteiger partial charge in [0.2, 0.25) is 10.0 Å². The third kappa shape index (κ3) is 7.69. The highest BCUT2D eigenvalue weighted by molar-refractivity contribution is 7.89. The molecule has 10 nitrogen and oxygen atoms in total. The first-order valence-electron chi connectivity index (χ1n) is 10.3. The number of aliphatic hydroxyl groups is 1. The van der Waals surface area contributed by atoms with Crippen LogP contribution in [-0.4, -0.2) is 58.4 Å². The number of nitrogens with zero attached hydrogens (tertiary/aromatic N) is 3. The van der Waals surface area contributed by atoms with Crippen molar-refractivity contribution in [1.82, 2.24) is 19.7 Å². The Labute approximate surface area is 205 Å². The molecule has 1 unspecified atom stereocenters. The van der Waals surface area contributed by atoms with Gasteiger partial charge in [0.05, 0.1) is 22.9 Å². The molecule has 2 heterocycles. The summed E-state index contributed by atoms with van der Waals surface area (Å²) in [5, 5.41) is 16.5. The summed E-state index contributed by atoms with van der Waals surface area (Å²) in [4.78, 5) is 22.0. The maximum absolute atomic E-state index is 12.5. The number of carboxylic acids is 1. The number of pyridine rings is 1. The highest BCUT2D eigenvalue weighted by Gasteiger charge is 2.38. The zero-order valence-corrected chi connectivity index (χ0v) is 20.2. The number of alkyl halides is 3.